The van der Waals surface area contributed by atoms with Crippen LogP contribution in [0.2, 0.25) is 0 Å². The molecule has 0 aliphatic rings. The number of aliphatic hydroxyl groups excluding tert-OH is 1. The summed E-state index contributed by atoms with van der Waals surface area (Å²) in [5.41, 5.74) is 17.7. The minimum absolute atomic E-state index is 0.0351. The van der Waals surface area contributed by atoms with Gasteiger partial charge in [0.2, 0.25) is 82.7 Å². The van der Waals surface area contributed by atoms with E-state index in [0.717, 1.165) is 0 Å². The number of hydrogen-bond acceptors (Lipinski definition) is 19. The number of carboxylic acids is 2. The number of carbonyl (C=O) groups is 16. The van der Waals surface area contributed by atoms with Crippen LogP contribution >= 0.6 is 0 Å². The van der Waals surface area contributed by atoms with E-state index in [4.69, 9.17) is 17.2 Å². The van der Waals surface area contributed by atoms with Gasteiger partial charge in [0.1, 0.15) is 78.5 Å². The zero-order valence-electron chi connectivity index (χ0n) is 64.6. The van der Waals surface area contributed by atoms with Gasteiger partial charge in [-0.15, -0.1) is 0 Å². The Bertz CT molecular complexity index is 3140. The third-order valence-electron chi connectivity index (χ3n) is 17.5. The van der Waals surface area contributed by atoms with Crippen molar-refractivity contribution in [2.24, 2.45) is 52.7 Å². The van der Waals surface area contributed by atoms with Crippen LogP contribution in [0.4, 0.5) is 0 Å². The maximum atomic E-state index is 14.5. The second-order valence-electron chi connectivity index (χ2n) is 29.1. The molecule has 14 amide bonds. The molecule has 0 spiro atoms. The van der Waals surface area contributed by atoms with Crippen molar-refractivity contribution in [3.8, 4) is 0 Å². The maximum Gasteiger partial charge on any atom is 0.326 e. The number of hydrogen-bond donors (Lipinski definition) is 19. The van der Waals surface area contributed by atoms with Crippen LogP contribution in [0.25, 0.3) is 0 Å². The van der Waals surface area contributed by atoms with E-state index in [9.17, 15) is 92.0 Å². The lowest BCUT2D eigenvalue weighted by molar-refractivity contribution is -0.143. The van der Waals surface area contributed by atoms with Crippen molar-refractivity contribution < 1.29 is 92.0 Å². The highest BCUT2D eigenvalue weighted by Gasteiger charge is 2.39. The highest BCUT2D eigenvalue weighted by Crippen LogP contribution is 2.17. The van der Waals surface area contributed by atoms with Crippen LogP contribution in [0.5, 0.6) is 0 Å². The molecule has 1 aromatic carbocycles. The summed E-state index contributed by atoms with van der Waals surface area (Å²) in [5, 5.41) is 62.7. The van der Waals surface area contributed by atoms with Crippen molar-refractivity contribution in [3.63, 3.8) is 0 Å². The lowest BCUT2D eigenvalue weighted by Crippen LogP contribution is -2.62. The summed E-state index contributed by atoms with van der Waals surface area (Å²) in [7, 11) is 0. The van der Waals surface area contributed by atoms with Gasteiger partial charge in [0.25, 0.3) is 0 Å². The van der Waals surface area contributed by atoms with Gasteiger partial charge in [0.15, 0.2) is 0 Å². The van der Waals surface area contributed by atoms with Crippen molar-refractivity contribution in [2.75, 3.05) is 13.2 Å². The summed E-state index contributed by atoms with van der Waals surface area (Å²) in [5.74, 6) is -17.5. The molecule has 0 saturated carbocycles. The van der Waals surface area contributed by atoms with Crippen LogP contribution in [-0.4, -0.2) is 208 Å². The van der Waals surface area contributed by atoms with Crippen LogP contribution in [0.3, 0.4) is 0 Å². The average molecular weight is 1520 g/mol. The summed E-state index contributed by atoms with van der Waals surface area (Å²) in [4.78, 5) is 217. The van der Waals surface area contributed by atoms with Gasteiger partial charge in [0, 0.05) is 12.8 Å². The molecule has 0 aliphatic heterocycles. The molecule has 1 aromatic rings. The van der Waals surface area contributed by atoms with E-state index in [-0.39, 0.29) is 81.6 Å². The van der Waals surface area contributed by atoms with Gasteiger partial charge in [0.05, 0.1) is 19.1 Å². The number of nitrogens with one attached hydrogen (secondary N) is 13. The molecule has 0 saturated heterocycles. The van der Waals surface area contributed by atoms with Crippen molar-refractivity contribution >= 4 is 94.6 Å². The van der Waals surface area contributed by atoms with Crippen molar-refractivity contribution in [1.82, 2.24) is 69.1 Å². The fraction of sp³-hybridized carbons (Fsp3) is 0.694. The largest absolute Gasteiger partial charge is 0.481 e. The quantitative estimate of drug-likeness (QED) is 0.0318. The Labute approximate surface area is 627 Å². The van der Waals surface area contributed by atoms with Gasteiger partial charge in [-0.05, 0) is 120 Å². The standard InChI is InChI=1S/C72H122N16O19/c1-16-40(11)57(70(104)84-52(34-55(75)90)68(102)83-51(33-45-23-19-18-20-24-45)67(101)80-48(26-27-56(91)92)64(98)79-47(25-21-22-28-73)63(97)85-53(72(106)107)32-39(9)10)88-71(105)58(41(12)17-2)87-69(103)54(35-89)86-61(95)44(15)78-66(100)50(31-38(7)8)82-60(94)43(14)77-65(99)49(30-37(5)6)81-59(93)42(13)76-62(96)46(74)29-36(3)4/h18-20,23-24,36-44,46-54,57-58,89H,16-17,21-22,25-35,73-74H2,1-15H3,(H2,75,90)(H,76,96)(H,77,99)(H,78,100)(H,79,98)(H,80,101)(H,81,93)(H,82,94)(H,83,102)(H,84,104)(H,85,97)(H,86,95)(H,87,103)(H,88,105)(H,91,92)(H,106,107)/t40-,41-,42-,43-,44-,46-,47-,48-,49-,50-,51-,52-,53-,54-,57-,58-/m0/s1. The summed E-state index contributed by atoms with van der Waals surface area (Å²) in [6, 6.07) is -11.6. The maximum absolute atomic E-state index is 14.5. The molecule has 107 heavy (non-hydrogen) atoms. The topological polar surface area (TPSA) is 568 Å². The summed E-state index contributed by atoms with van der Waals surface area (Å²) in [6.45, 7) is 24.2. The molecule has 16 atom stereocenters. The van der Waals surface area contributed by atoms with Crippen LogP contribution in [0.15, 0.2) is 30.3 Å². The number of unbranched alkanes of at least 4 members (excludes halogenated alkanes) is 1. The molecule has 0 aliphatic carbocycles. The molecule has 1 rings (SSSR count). The van der Waals surface area contributed by atoms with Gasteiger partial charge < -0.3 is 102 Å². The summed E-state index contributed by atoms with van der Waals surface area (Å²) < 4.78 is 0. The zero-order valence-corrected chi connectivity index (χ0v) is 64.6. The summed E-state index contributed by atoms with van der Waals surface area (Å²) >= 11 is 0. The number of carboxylic acid groups (broad SMARTS) is 2. The monoisotopic (exact) mass is 1510 g/mol. The Morgan fingerprint density at radius 3 is 1.14 bits per heavy atom. The number of primary amides is 1. The van der Waals surface area contributed by atoms with E-state index in [2.05, 4.69) is 69.1 Å². The lowest BCUT2D eigenvalue weighted by atomic mass is 9.94. The van der Waals surface area contributed by atoms with E-state index in [1.165, 1.54) is 20.8 Å². The van der Waals surface area contributed by atoms with Crippen molar-refractivity contribution in [2.45, 2.75) is 272 Å². The predicted molar refractivity (Wildman–Crippen MR) is 395 cm³/mol. The molecule has 0 heterocycles. The van der Waals surface area contributed by atoms with E-state index < -0.39 is 217 Å². The fourth-order valence-corrected chi connectivity index (χ4v) is 11.0. The van der Waals surface area contributed by atoms with Crippen molar-refractivity contribution in [1.29, 1.82) is 0 Å². The van der Waals surface area contributed by atoms with Crippen LogP contribution in [-0.2, 0) is 83.1 Å². The Kier molecular flexibility index (Phi) is 43.6. The molecule has 35 heteroatoms. The molecule has 0 aromatic heterocycles. The Hall–Kier alpha value is -9.38. The second-order valence-corrected chi connectivity index (χ2v) is 29.1. The number of benzene rings is 1. The van der Waals surface area contributed by atoms with Gasteiger partial charge in [-0.3, -0.25) is 71.9 Å². The smallest absolute Gasteiger partial charge is 0.326 e. The highest BCUT2D eigenvalue weighted by atomic mass is 16.4. The number of aliphatic hydroxyl groups is 1. The first-order chi connectivity index (χ1) is 50.0. The average Bonchev–Trinajstić information content (AvgIpc) is 0.846. The van der Waals surface area contributed by atoms with Gasteiger partial charge >= 0.3 is 11.9 Å². The molecule has 0 radical (unpaired) electrons. The third-order valence-corrected chi connectivity index (χ3v) is 17.5. The van der Waals surface area contributed by atoms with Gasteiger partial charge in [-0.1, -0.05) is 126 Å². The Balaban J connectivity index is 3.48. The first-order valence-electron chi connectivity index (χ1n) is 36.8. The van der Waals surface area contributed by atoms with Gasteiger partial charge in [-0.2, -0.15) is 0 Å². The fourth-order valence-electron chi connectivity index (χ4n) is 11.0. The third kappa shape index (κ3) is 36.2. The lowest BCUT2D eigenvalue weighted by Gasteiger charge is -2.31. The molecule has 22 N–H and O–H groups in total. The second kappa shape index (κ2) is 48.7. The number of amides is 14. The number of nitrogens with two attached hydrogens (primary N) is 3. The van der Waals surface area contributed by atoms with E-state index >= 15 is 0 Å². The molecule has 604 valence electrons. The normalized spacial score (nSPS) is 15.8. The predicted octanol–water partition coefficient (Wildman–Crippen LogP) is -1.86. The Morgan fingerprint density at radius 1 is 0.383 bits per heavy atom. The number of rotatable bonds is 51. The Morgan fingerprint density at radius 2 is 0.729 bits per heavy atom. The molecule has 0 fully saturated rings. The molecular weight excluding hydrogens is 1390 g/mol. The first kappa shape index (κ1) is 95.6. The van der Waals surface area contributed by atoms with Gasteiger partial charge in [-0.25, -0.2) is 4.79 Å². The number of aliphatic carboxylic acids is 2. The van der Waals surface area contributed by atoms with Crippen LogP contribution in [0, 0.1) is 35.5 Å². The molecule has 0 unspecified atom stereocenters. The zero-order chi connectivity index (χ0) is 81.7. The van der Waals surface area contributed by atoms with Crippen molar-refractivity contribution in [3.05, 3.63) is 35.9 Å². The molecule has 0 bridgehead atoms. The van der Waals surface area contributed by atoms with E-state index in [1.54, 1.807) is 85.7 Å². The molecule has 35 nitrogen and oxygen atoms in total. The van der Waals surface area contributed by atoms with E-state index in [0.29, 0.717) is 18.4 Å². The van der Waals surface area contributed by atoms with Crippen LogP contribution < -0.4 is 86.3 Å². The minimum Gasteiger partial charge on any atom is -0.481 e. The number of carbonyl (C=O) groups excluding carboxylic acids is 14. The van der Waals surface area contributed by atoms with Crippen LogP contribution in [0.1, 0.15) is 186 Å². The summed E-state index contributed by atoms with van der Waals surface area (Å²) in [6.07, 6.45) is -0.713. The SMILES string of the molecule is CC[C@H](C)[C@H](NC(=O)[C@H](CO)NC(=O)[C@H](C)NC(=O)[C@H](CC(C)C)NC(=O)[C@H](C)NC(=O)[C@H](CC(C)C)NC(=O)[C@H](C)NC(=O)[C@@H](N)CC(C)C)C(=O)N[C@H](C(=O)N[C@@H](CC(N)=O)C(=O)N[C@@H](Cc1ccccc1)C(=O)N[C@@H](CCC(=O)O)C(=O)N[C@@H](CCCCN)C(=O)N[C@@H](CC(C)C)C(=O)O)[C@@H](C)CC. The highest BCUT2D eigenvalue weighted by molar-refractivity contribution is 6.01. The molecular formula is C72H122N16O19. The van der Waals surface area contributed by atoms with E-state index in [1.807, 2.05) is 27.7 Å². The first-order valence-corrected chi connectivity index (χ1v) is 36.8. The minimum atomic E-state index is -1.86.